The van der Waals surface area contributed by atoms with Crippen LogP contribution in [0.15, 0.2) is 36.5 Å². The first kappa shape index (κ1) is 6.93. The molecule has 2 heteroatoms. The van der Waals surface area contributed by atoms with Crippen LogP contribution in [0, 0.1) is 6.57 Å². The topological polar surface area (TPSA) is 9.29 Å². The normalized spacial score (nSPS) is 9.92. The van der Waals surface area contributed by atoms with Crippen molar-refractivity contribution >= 4 is 10.9 Å². The lowest BCUT2D eigenvalue weighted by atomic mass is 10.2. The maximum absolute atomic E-state index is 6.76. The van der Waals surface area contributed by atoms with Crippen LogP contribution in [-0.2, 0) is 6.67 Å². The van der Waals surface area contributed by atoms with Gasteiger partial charge >= 0.3 is 0 Å². The molecule has 0 aliphatic rings. The molecule has 0 aliphatic heterocycles. The molecule has 2 nitrogen and oxygen atoms in total. The number of aromatic nitrogens is 1. The van der Waals surface area contributed by atoms with Gasteiger partial charge in [-0.2, -0.15) is 0 Å². The van der Waals surface area contributed by atoms with Crippen molar-refractivity contribution in [1.29, 1.82) is 0 Å². The highest BCUT2D eigenvalue weighted by molar-refractivity contribution is 5.79. The zero-order valence-corrected chi connectivity index (χ0v) is 6.57. The maximum Gasteiger partial charge on any atom is 0.293 e. The van der Waals surface area contributed by atoms with Crippen molar-refractivity contribution in [3.05, 3.63) is 47.9 Å². The van der Waals surface area contributed by atoms with Gasteiger partial charge in [0, 0.05) is 6.20 Å². The second kappa shape index (κ2) is 2.71. The standard InChI is InChI=1S/C10H8N2/c1-11-8-12-7-6-9-4-2-3-5-10(9)12/h2-7H,8H2. The molecule has 0 amide bonds. The lowest BCUT2D eigenvalue weighted by Crippen LogP contribution is -1.89. The number of fused-ring (bicyclic) bond motifs is 1. The molecule has 0 N–H and O–H groups in total. The first-order valence-corrected chi connectivity index (χ1v) is 3.79. The van der Waals surface area contributed by atoms with Crippen LogP contribution in [0.25, 0.3) is 15.7 Å². The summed E-state index contributed by atoms with van der Waals surface area (Å²) in [5.74, 6) is 0. The van der Waals surface area contributed by atoms with Crippen LogP contribution in [0.4, 0.5) is 0 Å². The van der Waals surface area contributed by atoms with Gasteiger partial charge in [0.25, 0.3) is 6.67 Å². The number of hydrogen-bond donors (Lipinski definition) is 0. The smallest absolute Gasteiger partial charge is 0.293 e. The molecule has 0 unspecified atom stereocenters. The monoisotopic (exact) mass is 156 g/mol. The Morgan fingerprint density at radius 1 is 1.25 bits per heavy atom. The van der Waals surface area contributed by atoms with Gasteiger partial charge in [-0.05, 0) is 17.5 Å². The van der Waals surface area contributed by atoms with E-state index < -0.39 is 0 Å². The van der Waals surface area contributed by atoms with E-state index in [0.29, 0.717) is 6.67 Å². The highest BCUT2D eigenvalue weighted by Gasteiger charge is 1.98. The van der Waals surface area contributed by atoms with E-state index in [1.165, 1.54) is 5.39 Å². The van der Waals surface area contributed by atoms with Crippen LogP contribution in [0.3, 0.4) is 0 Å². The Morgan fingerprint density at radius 3 is 2.92 bits per heavy atom. The van der Waals surface area contributed by atoms with Gasteiger partial charge in [0.15, 0.2) is 0 Å². The average molecular weight is 156 g/mol. The number of hydrogen-bond acceptors (Lipinski definition) is 0. The molecule has 1 aromatic heterocycles. The SMILES string of the molecule is [C-]#[N+]Cn1ccc2ccccc21. The van der Waals surface area contributed by atoms with Gasteiger partial charge in [-0.15, -0.1) is 0 Å². The van der Waals surface area contributed by atoms with Gasteiger partial charge in [-0.1, -0.05) is 18.2 Å². The Hall–Kier alpha value is -1.75. The van der Waals surface area contributed by atoms with Gasteiger partial charge < -0.3 is 0 Å². The zero-order valence-electron chi connectivity index (χ0n) is 6.57. The quantitative estimate of drug-likeness (QED) is 0.561. The Bertz CT molecular complexity index is 434. The van der Waals surface area contributed by atoms with E-state index in [9.17, 15) is 0 Å². The summed E-state index contributed by atoms with van der Waals surface area (Å²) in [6, 6.07) is 10.1. The van der Waals surface area contributed by atoms with E-state index in [1.54, 1.807) is 0 Å². The summed E-state index contributed by atoms with van der Waals surface area (Å²) in [5.41, 5.74) is 1.13. The van der Waals surface area contributed by atoms with Crippen molar-refractivity contribution in [2.24, 2.45) is 0 Å². The van der Waals surface area contributed by atoms with Crippen LogP contribution in [0.2, 0.25) is 0 Å². The third kappa shape index (κ3) is 0.960. The molecule has 0 fully saturated rings. The summed E-state index contributed by atoms with van der Waals surface area (Å²) < 4.78 is 1.95. The lowest BCUT2D eigenvalue weighted by molar-refractivity contribution is 0.859. The Morgan fingerprint density at radius 2 is 2.08 bits per heavy atom. The second-order valence-corrected chi connectivity index (χ2v) is 2.64. The fraction of sp³-hybridized carbons (Fsp3) is 0.100. The predicted octanol–water partition coefficient (Wildman–Crippen LogP) is 2.52. The summed E-state index contributed by atoms with van der Waals surface area (Å²) in [6.07, 6.45) is 1.95. The van der Waals surface area contributed by atoms with Crippen molar-refractivity contribution < 1.29 is 0 Å². The van der Waals surface area contributed by atoms with Crippen molar-refractivity contribution in [3.8, 4) is 0 Å². The molecule has 0 bridgehead atoms. The van der Waals surface area contributed by atoms with E-state index in [1.807, 2.05) is 35.0 Å². The van der Waals surface area contributed by atoms with Gasteiger partial charge in [0.05, 0.1) is 5.52 Å². The highest BCUT2D eigenvalue weighted by atomic mass is 15.0. The van der Waals surface area contributed by atoms with Gasteiger partial charge in [-0.3, -0.25) is 9.41 Å². The summed E-state index contributed by atoms with van der Waals surface area (Å²) in [4.78, 5) is 3.34. The third-order valence-corrected chi connectivity index (χ3v) is 1.90. The van der Waals surface area contributed by atoms with Crippen molar-refractivity contribution in [2.45, 2.75) is 6.67 Å². The van der Waals surface area contributed by atoms with Crippen LogP contribution >= 0.6 is 0 Å². The molecule has 0 spiro atoms. The number of nitrogens with zero attached hydrogens (tertiary/aromatic N) is 2. The third-order valence-electron chi connectivity index (χ3n) is 1.90. The van der Waals surface area contributed by atoms with Crippen molar-refractivity contribution in [2.75, 3.05) is 0 Å². The van der Waals surface area contributed by atoms with Crippen molar-refractivity contribution in [3.63, 3.8) is 0 Å². The summed E-state index contributed by atoms with van der Waals surface area (Å²) >= 11 is 0. The van der Waals surface area contributed by atoms with E-state index in [2.05, 4.69) is 10.9 Å². The first-order chi connectivity index (χ1) is 5.92. The fourth-order valence-electron chi connectivity index (χ4n) is 1.34. The van der Waals surface area contributed by atoms with Gasteiger partial charge in [-0.25, -0.2) is 6.57 Å². The molecule has 1 heterocycles. The molecule has 0 saturated carbocycles. The zero-order chi connectivity index (χ0) is 8.39. The molecule has 0 radical (unpaired) electrons. The summed E-state index contributed by atoms with van der Waals surface area (Å²) in [5, 5.41) is 1.20. The van der Waals surface area contributed by atoms with E-state index >= 15 is 0 Å². The number of rotatable bonds is 1. The van der Waals surface area contributed by atoms with E-state index in [0.717, 1.165) is 5.52 Å². The number of para-hydroxylation sites is 1. The summed E-state index contributed by atoms with van der Waals surface area (Å²) in [6.45, 7) is 7.17. The number of benzene rings is 1. The predicted molar refractivity (Wildman–Crippen MR) is 48.5 cm³/mol. The minimum absolute atomic E-state index is 0.410. The van der Waals surface area contributed by atoms with Gasteiger partial charge in [0.2, 0.25) is 0 Å². The molecule has 0 aliphatic carbocycles. The summed E-state index contributed by atoms with van der Waals surface area (Å²) in [7, 11) is 0. The van der Waals surface area contributed by atoms with Crippen LogP contribution in [-0.4, -0.2) is 4.57 Å². The minimum Gasteiger partial charge on any atom is -0.293 e. The maximum atomic E-state index is 6.76. The first-order valence-electron chi connectivity index (χ1n) is 3.79. The second-order valence-electron chi connectivity index (χ2n) is 2.64. The Kier molecular flexibility index (Phi) is 1.56. The average Bonchev–Trinajstić information content (AvgIpc) is 2.50. The van der Waals surface area contributed by atoms with Crippen LogP contribution in [0.1, 0.15) is 0 Å². The molecule has 1 aromatic carbocycles. The molecule has 0 atom stereocenters. The van der Waals surface area contributed by atoms with E-state index in [-0.39, 0.29) is 0 Å². The molecule has 12 heavy (non-hydrogen) atoms. The van der Waals surface area contributed by atoms with Crippen molar-refractivity contribution in [1.82, 2.24) is 4.57 Å². The molecular formula is C10H8N2. The largest absolute Gasteiger partial charge is 0.293 e. The minimum atomic E-state index is 0.410. The molecule has 0 saturated heterocycles. The molecular weight excluding hydrogens is 148 g/mol. The Labute approximate surface area is 70.9 Å². The fourth-order valence-corrected chi connectivity index (χ4v) is 1.34. The lowest BCUT2D eigenvalue weighted by Gasteiger charge is -1.94. The molecule has 58 valence electrons. The highest BCUT2D eigenvalue weighted by Crippen LogP contribution is 2.14. The van der Waals surface area contributed by atoms with Crippen LogP contribution < -0.4 is 0 Å². The Balaban J connectivity index is 2.64. The van der Waals surface area contributed by atoms with Gasteiger partial charge in [0.1, 0.15) is 0 Å². The van der Waals surface area contributed by atoms with Crippen LogP contribution in [0.5, 0.6) is 0 Å². The van der Waals surface area contributed by atoms with E-state index in [4.69, 9.17) is 6.57 Å². The molecule has 2 rings (SSSR count). The molecule has 2 aromatic rings.